The fraction of sp³-hybridized carbons (Fsp3) is 0.160. The number of hydrogen-bond acceptors (Lipinski definition) is 5. The molecule has 1 N–H and O–H groups in total. The van der Waals surface area contributed by atoms with E-state index < -0.39 is 6.10 Å². The third-order valence-electron chi connectivity index (χ3n) is 5.41. The first-order valence-corrected chi connectivity index (χ1v) is 11.3. The molecular formula is C25H22N4O2S. The number of aromatic nitrogens is 4. The van der Waals surface area contributed by atoms with Crippen molar-refractivity contribution in [3.05, 3.63) is 99.8 Å². The summed E-state index contributed by atoms with van der Waals surface area (Å²) >= 11 is 1.41. The maximum absolute atomic E-state index is 13.5. The van der Waals surface area contributed by atoms with E-state index in [1.54, 1.807) is 4.57 Å². The van der Waals surface area contributed by atoms with Crippen molar-refractivity contribution in [3.63, 3.8) is 0 Å². The van der Waals surface area contributed by atoms with Crippen LogP contribution in [-0.2, 0) is 0 Å². The molecular weight excluding hydrogens is 420 g/mol. The second-order valence-corrected chi connectivity index (χ2v) is 8.85. The van der Waals surface area contributed by atoms with Crippen molar-refractivity contribution < 1.29 is 5.11 Å². The van der Waals surface area contributed by atoms with Crippen molar-refractivity contribution in [1.82, 2.24) is 19.2 Å². The van der Waals surface area contributed by atoms with Crippen molar-refractivity contribution in [3.8, 4) is 5.69 Å². The molecule has 0 saturated carbocycles. The van der Waals surface area contributed by atoms with Gasteiger partial charge < -0.3 is 5.11 Å². The van der Waals surface area contributed by atoms with Crippen LogP contribution in [0.1, 0.15) is 22.8 Å². The summed E-state index contributed by atoms with van der Waals surface area (Å²) in [7, 11) is 0. The molecule has 7 heteroatoms. The molecule has 0 saturated heterocycles. The number of nitrogens with zero attached hydrogens (tertiary/aromatic N) is 4. The van der Waals surface area contributed by atoms with E-state index in [1.165, 1.54) is 11.8 Å². The number of thioether (sulfide) groups is 1. The number of aliphatic hydroxyl groups is 1. The van der Waals surface area contributed by atoms with Gasteiger partial charge in [-0.15, -0.1) is 10.2 Å². The summed E-state index contributed by atoms with van der Waals surface area (Å²) in [6.45, 7) is 4.02. The van der Waals surface area contributed by atoms with Gasteiger partial charge in [0.2, 0.25) is 5.78 Å². The van der Waals surface area contributed by atoms with Gasteiger partial charge in [0.15, 0.2) is 5.16 Å². The summed E-state index contributed by atoms with van der Waals surface area (Å²) in [5.74, 6) is 0.873. The Morgan fingerprint density at radius 3 is 2.38 bits per heavy atom. The summed E-state index contributed by atoms with van der Waals surface area (Å²) in [5.41, 5.74) is 4.36. The topological polar surface area (TPSA) is 72.4 Å². The van der Waals surface area contributed by atoms with Crippen LogP contribution in [0.5, 0.6) is 0 Å². The Morgan fingerprint density at radius 2 is 1.62 bits per heavy atom. The third kappa shape index (κ3) is 3.59. The average molecular weight is 443 g/mol. The zero-order valence-electron chi connectivity index (χ0n) is 17.8. The van der Waals surface area contributed by atoms with Gasteiger partial charge in [-0.2, -0.15) is 0 Å². The first kappa shape index (κ1) is 20.5. The number of hydrogen-bond donors (Lipinski definition) is 1. The molecule has 160 valence electrons. The summed E-state index contributed by atoms with van der Waals surface area (Å²) in [4.78, 5) is 13.5. The number of para-hydroxylation sites is 1. The standard InChI is InChI=1S/C25H22N4O2S/c1-16-12-17(2)14-19(13-16)28-23(31)20-10-6-7-11-21(20)29-24(28)26-27-25(29)32-15-22(30)18-8-4-3-5-9-18/h3-14,22,30H,15H2,1-2H3/t22-/m1/s1. The summed E-state index contributed by atoms with van der Waals surface area (Å²) < 4.78 is 3.52. The largest absolute Gasteiger partial charge is 0.388 e. The van der Waals surface area contributed by atoms with E-state index in [1.807, 2.05) is 85.0 Å². The Labute approximate surface area is 189 Å². The SMILES string of the molecule is Cc1cc(C)cc(-n2c(=O)c3ccccc3n3c(SC[C@@H](O)c4ccccc4)nnc23)c1. The monoisotopic (exact) mass is 442 g/mol. The highest BCUT2D eigenvalue weighted by atomic mass is 32.2. The molecule has 2 aromatic heterocycles. The second-order valence-electron chi connectivity index (χ2n) is 7.86. The van der Waals surface area contributed by atoms with Crippen molar-refractivity contribution in [2.24, 2.45) is 0 Å². The van der Waals surface area contributed by atoms with Crippen molar-refractivity contribution in [2.45, 2.75) is 25.1 Å². The third-order valence-corrected chi connectivity index (χ3v) is 6.42. The minimum Gasteiger partial charge on any atom is -0.388 e. The van der Waals surface area contributed by atoms with Gasteiger partial charge >= 0.3 is 0 Å². The molecule has 5 rings (SSSR count). The smallest absolute Gasteiger partial charge is 0.267 e. The summed E-state index contributed by atoms with van der Waals surface area (Å²) in [6.07, 6.45) is -0.634. The van der Waals surface area contributed by atoms with E-state index in [0.717, 1.165) is 27.9 Å². The van der Waals surface area contributed by atoms with Crippen LogP contribution in [0.4, 0.5) is 0 Å². The lowest BCUT2D eigenvalue weighted by Crippen LogP contribution is -2.22. The highest BCUT2D eigenvalue weighted by molar-refractivity contribution is 7.99. The lowest BCUT2D eigenvalue weighted by Gasteiger charge is -2.13. The quantitative estimate of drug-likeness (QED) is 0.407. The number of aliphatic hydroxyl groups excluding tert-OH is 1. The van der Waals surface area contributed by atoms with Crippen molar-refractivity contribution in [1.29, 1.82) is 0 Å². The Hall–Kier alpha value is -3.42. The second kappa shape index (κ2) is 8.26. The van der Waals surface area contributed by atoms with Crippen molar-refractivity contribution in [2.75, 3.05) is 5.75 Å². The van der Waals surface area contributed by atoms with E-state index in [2.05, 4.69) is 16.3 Å². The minimum absolute atomic E-state index is 0.133. The molecule has 0 fully saturated rings. The molecule has 32 heavy (non-hydrogen) atoms. The fourth-order valence-corrected chi connectivity index (χ4v) is 4.92. The van der Waals surface area contributed by atoms with E-state index in [4.69, 9.17) is 0 Å². The van der Waals surface area contributed by atoms with Gasteiger partial charge in [0.1, 0.15) is 0 Å². The molecule has 1 atom stereocenters. The molecule has 0 radical (unpaired) electrons. The Balaban J connectivity index is 1.67. The van der Waals surface area contributed by atoms with Crippen LogP contribution in [0.3, 0.4) is 0 Å². The van der Waals surface area contributed by atoms with Gasteiger partial charge in [-0.05, 0) is 54.8 Å². The minimum atomic E-state index is -0.634. The first-order valence-electron chi connectivity index (χ1n) is 10.4. The molecule has 6 nitrogen and oxygen atoms in total. The molecule has 0 amide bonds. The van der Waals surface area contributed by atoms with E-state index in [-0.39, 0.29) is 5.56 Å². The Kier molecular flexibility index (Phi) is 5.28. The van der Waals surface area contributed by atoms with Gasteiger partial charge in [-0.3, -0.25) is 9.20 Å². The molecule has 3 aromatic carbocycles. The van der Waals surface area contributed by atoms with Crippen molar-refractivity contribution >= 4 is 28.4 Å². The van der Waals surface area contributed by atoms with Crippen LogP contribution in [0.2, 0.25) is 0 Å². The van der Waals surface area contributed by atoms with Gasteiger partial charge in [-0.25, -0.2) is 4.57 Å². The number of fused-ring (bicyclic) bond motifs is 3. The first-order chi connectivity index (χ1) is 15.5. The van der Waals surface area contributed by atoms with Crippen LogP contribution in [0.15, 0.2) is 82.7 Å². The Morgan fingerprint density at radius 1 is 0.938 bits per heavy atom. The molecule has 0 aliphatic heterocycles. The zero-order valence-corrected chi connectivity index (χ0v) is 18.6. The molecule has 0 aliphatic rings. The molecule has 0 unspecified atom stereocenters. The molecule has 2 heterocycles. The van der Waals surface area contributed by atoms with Gasteiger partial charge in [-0.1, -0.05) is 60.3 Å². The lowest BCUT2D eigenvalue weighted by atomic mass is 10.1. The van der Waals surface area contributed by atoms with E-state index in [9.17, 15) is 9.90 Å². The van der Waals surface area contributed by atoms with E-state index >= 15 is 0 Å². The zero-order chi connectivity index (χ0) is 22.2. The van der Waals surface area contributed by atoms with Gasteiger partial charge in [0, 0.05) is 5.75 Å². The molecule has 0 spiro atoms. The lowest BCUT2D eigenvalue weighted by molar-refractivity contribution is 0.204. The number of benzene rings is 3. The fourth-order valence-electron chi connectivity index (χ4n) is 4.01. The Bertz CT molecular complexity index is 1470. The van der Waals surface area contributed by atoms with Crippen LogP contribution in [-0.4, -0.2) is 30.0 Å². The normalized spacial score (nSPS) is 12.5. The van der Waals surface area contributed by atoms with Crippen LogP contribution >= 0.6 is 11.8 Å². The average Bonchev–Trinajstić information content (AvgIpc) is 3.21. The molecule has 5 aromatic rings. The maximum Gasteiger partial charge on any atom is 0.267 e. The highest BCUT2D eigenvalue weighted by Gasteiger charge is 2.19. The number of aryl methyl sites for hydroxylation is 2. The van der Waals surface area contributed by atoms with Crippen LogP contribution < -0.4 is 5.56 Å². The molecule has 0 aliphatic carbocycles. The predicted octanol–water partition coefficient (Wildman–Crippen LogP) is 4.48. The highest BCUT2D eigenvalue weighted by Crippen LogP contribution is 2.27. The maximum atomic E-state index is 13.5. The van der Waals surface area contributed by atoms with Crippen LogP contribution in [0.25, 0.3) is 22.4 Å². The van der Waals surface area contributed by atoms with E-state index in [0.29, 0.717) is 22.1 Å². The van der Waals surface area contributed by atoms with Gasteiger partial charge in [0.05, 0.1) is 22.7 Å². The summed E-state index contributed by atoms with van der Waals surface area (Å²) in [6, 6.07) is 23.1. The number of rotatable bonds is 5. The molecule has 0 bridgehead atoms. The summed E-state index contributed by atoms with van der Waals surface area (Å²) in [5, 5.41) is 20.6. The van der Waals surface area contributed by atoms with Gasteiger partial charge in [0.25, 0.3) is 5.56 Å². The predicted molar refractivity (Wildman–Crippen MR) is 128 cm³/mol. The van der Waals surface area contributed by atoms with Crippen LogP contribution in [0, 0.1) is 13.8 Å².